The number of ketones is 1. The van der Waals surface area contributed by atoms with Gasteiger partial charge in [0.05, 0.1) is 18.4 Å². The largest absolute Gasteiger partial charge is 0.497 e. The molecule has 17 heavy (non-hydrogen) atoms. The van der Waals surface area contributed by atoms with Gasteiger partial charge in [-0.2, -0.15) is 0 Å². The fraction of sp³-hybridized carbons (Fsp3) is 0.333. The number of carbonyl (C=O) groups excluding carboxylic acids is 1. The molecule has 4 nitrogen and oxygen atoms in total. The molecule has 0 saturated heterocycles. The van der Waals surface area contributed by atoms with Gasteiger partial charge in [-0.1, -0.05) is 22.0 Å². The number of carbonyl (C=O) groups is 2. The van der Waals surface area contributed by atoms with Gasteiger partial charge in [0.2, 0.25) is 0 Å². The molecule has 92 valence electrons. The highest BCUT2D eigenvalue weighted by Gasteiger charge is 2.18. The van der Waals surface area contributed by atoms with Gasteiger partial charge in [0.15, 0.2) is 0 Å². The summed E-state index contributed by atoms with van der Waals surface area (Å²) in [6.45, 7) is 1.45. The van der Waals surface area contributed by atoms with Gasteiger partial charge in [0.1, 0.15) is 11.5 Å². The Bertz CT molecular complexity index is 442. The molecular formula is C12H13BrO4. The SMILES string of the molecule is COc1ccc(CC(=O)O)c(C(Br)C(C)=O)c1. The number of alkyl halides is 1. The second kappa shape index (κ2) is 5.82. The van der Waals surface area contributed by atoms with Gasteiger partial charge in [-0.25, -0.2) is 0 Å². The van der Waals surface area contributed by atoms with Crippen LogP contribution in [0.25, 0.3) is 0 Å². The van der Waals surface area contributed by atoms with Crippen LogP contribution >= 0.6 is 15.9 Å². The van der Waals surface area contributed by atoms with Gasteiger partial charge in [-0.05, 0) is 30.2 Å². The van der Waals surface area contributed by atoms with Crippen molar-refractivity contribution in [1.82, 2.24) is 0 Å². The minimum Gasteiger partial charge on any atom is -0.497 e. The van der Waals surface area contributed by atoms with Crippen LogP contribution in [0.5, 0.6) is 5.75 Å². The highest BCUT2D eigenvalue weighted by atomic mass is 79.9. The maximum Gasteiger partial charge on any atom is 0.307 e. The molecule has 0 aliphatic carbocycles. The van der Waals surface area contributed by atoms with Crippen molar-refractivity contribution < 1.29 is 19.4 Å². The number of carboxylic acid groups (broad SMARTS) is 1. The molecule has 0 aliphatic rings. The summed E-state index contributed by atoms with van der Waals surface area (Å²) in [5.74, 6) is -0.413. The van der Waals surface area contributed by atoms with E-state index in [1.807, 2.05) is 0 Å². The van der Waals surface area contributed by atoms with E-state index in [0.29, 0.717) is 16.9 Å². The van der Waals surface area contributed by atoms with E-state index >= 15 is 0 Å². The van der Waals surface area contributed by atoms with E-state index < -0.39 is 10.8 Å². The van der Waals surface area contributed by atoms with Gasteiger partial charge in [0, 0.05) is 0 Å². The van der Waals surface area contributed by atoms with Gasteiger partial charge < -0.3 is 9.84 Å². The van der Waals surface area contributed by atoms with E-state index in [-0.39, 0.29) is 12.2 Å². The van der Waals surface area contributed by atoms with Crippen molar-refractivity contribution in [2.24, 2.45) is 0 Å². The molecule has 0 aromatic heterocycles. The number of rotatable bonds is 5. The van der Waals surface area contributed by atoms with Crippen LogP contribution in [0.3, 0.4) is 0 Å². The minimum atomic E-state index is -0.931. The zero-order valence-corrected chi connectivity index (χ0v) is 11.2. The molecule has 0 spiro atoms. The summed E-state index contributed by atoms with van der Waals surface area (Å²) in [5.41, 5.74) is 1.25. The number of hydrogen-bond donors (Lipinski definition) is 1. The van der Waals surface area contributed by atoms with E-state index in [4.69, 9.17) is 9.84 Å². The van der Waals surface area contributed by atoms with Crippen molar-refractivity contribution in [1.29, 1.82) is 0 Å². The summed E-state index contributed by atoms with van der Waals surface area (Å²) in [6, 6.07) is 5.03. The van der Waals surface area contributed by atoms with Crippen LogP contribution in [0.2, 0.25) is 0 Å². The first-order valence-corrected chi connectivity index (χ1v) is 5.90. The molecule has 1 N–H and O–H groups in total. The van der Waals surface area contributed by atoms with E-state index in [9.17, 15) is 9.59 Å². The van der Waals surface area contributed by atoms with Gasteiger partial charge in [-0.3, -0.25) is 9.59 Å². The number of hydrogen-bond acceptors (Lipinski definition) is 3. The van der Waals surface area contributed by atoms with Crippen molar-refractivity contribution in [2.75, 3.05) is 7.11 Å². The Morgan fingerprint density at radius 2 is 2.12 bits per heavy atom. The molecule has 1 rings (SSSR count). The Balaban J connectivity index is 3.20. The molecule has 0 saturated carbocycles. The molecule has 1 atom stereocenters. The first kappa shape index (κ1) is 13.7. The average Bonchev–Trinajstić information content (AvgIpc) is 2.27. The first-order chi connectivity index (χ1) is 7.95. The molecule has 1 unspecified atom stereocenters. The molecule has 0 fully saturated rings. The Labute approximate surface area is 108 Å². The highest BCUT2D eigenvalue weighted by molar-refractivity contribution is 9.09. The summed E-state index contributed by atoms with van der Waals surface area (Å²) in [7, 11) is 1.52. The van der Waals surface area contributed by atoms with Crippen molar-refractivity contribution in [3.8, 4) is 5.75 Å². The zero-order chi connectivity index (χ0) is 13.0. The topological polar surface area (TPSA) is 63.6 Å². The predicted molar refractivity (Wildman–Crippen MR) is 66.7 cm³/mol. The van der Waals surface area contributed by atoms with Crippen LogP contribution in [-0.2, 0) is 16.0 Å². The molecule has 1 aromatic rings. The second-order valence-electron chi connectivity index (χ2n) is 3.61. The quantitative estimate of drug-likeness (QED) is 0.848. The van der Waals surface area contributed by atoms with Gasteiger partial charge >= 0.3 is 5.97 Å². The van der Waals surface area contributed by atoms with Crippen LogP contribution < -0.4 is 4.74 Å². The fourth-order valence-electron chi connectivity index (χ4n) is 1.48. The van der Waals surface area contributed by atoms with E-state index in [1.165, 1.54) is 14.0 Å². The van der Waals surface area contributed by atoms with Crippen LogP contribution in [0.4, 0.5) is 0 Å². The molecule has 0 amide bonds. The molecule has 0 radical (unpaired) electrons. The lowest BCUT2D eigenvalue weighted by atomic mass is 10.00. The average molecular weight is 301 g/mol. The Morgan fingerprint density at radius 1 is 1.47 bits per heavy atom. The number of methoxy groups -OCH3 is 1. The van der Waals surface area contributed by atoms with Crippen molar-refractivity contribution in [3.63, 3.8) is 0 Å². The first-order valence-electron chi connectivity index (χ1n) is 4.98. The van der Waals surface area contributed by atoms with E-state index in [2.05, 4.69) is 15.9 Å². The predicted octanol–water partition coefficient (Wildman–Crippen LogP) is 2.35. The lowest BCUT2D eigenvalue weighted by molar-refractivity contribution is -0.136. The van der Waals surface area contributed by atoms with Crippen molar-refractivity contribution in [3.05, 3.63) is 29.3 Å². The maximum atomic E-state index is 11.3. The highest BCUT2D eigenvalue weighted by Crippen LogP contribution is 2.30. The standard InChI is InChI=1S/C12H13BrO4/c1-7(14)12(13)10-6-9(17-2)4-3-8(10)5-11(15)16/h3-4,6,12H,5H2,1-2H3,(H,15,16). The fourth-order valence-corrected chi connectivity index (χ4v) is 1.91. The second-order valence-corrected chi connectivity index (χ2v) is 4.52. The number of halogens is 1. The zero-order valence-electron chi connectivity index (χ0n) is 9.57. The summed E-state index contributed by atoms with van der Waals surface area (Å²) in [4.78, 5) is 21.6. The van der Waals surface area contributed by atoms with E-state index in [1.54, 1.807) is 18.2 Å². The summed E-state index contributed by atoms with van der Waals surface area (Å²) in [6.07, 6.45) is -0.116. The molecule has 0 heterocycles. The Kier molecular flexibility index (Phi) is 4.69. The third-order valence-corrected chi connectivity index (χ3v) is 3.46. The van der Waals surface area contributed by atoms with Crippen molar-refractivity contribution in [2.45, 2.75) is 18.2 Å². The van der Waals surface area contributed by atoms with Crippen LogP contribution in [0.15, 0.2) is 18.2 Å². The lowest BCUT2D eigenvalue weighted by Gasteiger charge is -2.13. The third kappa shape index (κ3) is 3.56. The van der Waals surface area contributed by atoms with Gasteiger partial charge in [-0.15, -0.1) is 0 Å². The maximum absolute atomic E-state index is 11.3. The molecule has 0 bridgehead atoms. The smallest absolute Gasteiger partial charge is 0.307 e. The number of benzene rings is 1. The summed E-state index contributed by atoms with van der Waals surface area (Å²) < 4.78 is 5.07. The van der Waals surface area contributed by atoms with Crippen LogP contribution in [-0.4, -0.2) is 24.0 Å². The molecule has 5 heteroatoms. The van der Waals surface area contributed by atoms with Crippen LogP contribution in [0.1, 0.15) is 22.9 Å². The molecule has 1 aromatic carbocycles. The van der Waals surface area contributed by atoms with E-state index in [0.717, 1.165) is 0 Å². The Hall–Kier alpha value is -1.36. The molecular weight excluding hydrogens is 288 g/mol. The monoisotopic (exact) mass is 300 g/mol. The number of ether oxygens (including phenoxy) is 1. The van der Waals surface area contributed by atoms with Gasteiger partial charge in [0.25, 0.3) is 0 Å². The number of aliphatic carboxylic acids is 1. The molecule has 0 aliphatic heterocycles. The summed E-state index contributed by atoms with van der Waals surface area (Å²) >= 11 is 3.26. The summed E-state index contributed by atoms with van der Waals surface area (Å²) in [5, 5.41) is 8.81. The third-order valence-electron chi connectivity index (χ3n) is 2.32. The normalized spacial score (nSPS) is 11.9. The number of carboxylic acids is 1. The Morgan fingerprint density at radius 3 is 2.59 bits per heavy atom. The van der Waals surface area contributed by atoms with Crippen molar-refractivity contribution >= 4 is 27.7 Å². The lowest BCUT2D eigenvalue weighted by Crippen LogP contribution is -2.09. The van der Waals surface area contributed by atoms with Crippen LogP contribution in [0, 0.1) is 0 Å². The minimum absolute atomic E-state index is 0.0788. The number of Topliss-reactive ketones (excluding diaryl/α,β-unsaturated/α-hetero) is 1.